The van der Waals surface area contributed by atoms with Gasteiger partial charge in [0, 0.05) is 28.6 Å². The average Bonchev–Trinajstić information content (AvgIpc) is 2.78. The van der Waals surface area contributed by atoms with Crippen molar-refractivity contribution in [1.82, 2.24) is 10.0 Å². The minimum Gasteiger partial charge on any atom is -0.344 e. The third kappa shape index (κ3) is 8.33. The van der Waals surface area contributed by atoms with Crippen molar-refractivity contribution in [2.24, 2.45) is 5.92 Å². The van der Waals surface area contributed by atoms with E-state index in [4.69, 9.17) is 11.6 Å². The number of sulfonamides is 1. The van der Waals surface area contributed by atoms with Crippen molar-refractivity contribution < 1.29 is 18.0 Å². The molecule has 3 N–H and O–H groups in total. The van der Waals surface area contributed by atoms with Gasteiger partial charge < -0.3 is 10.6 Å². The number of rotatable bonds is 8. The summed E-state index contributed by atoms with van der Waals surface area (Å²) in [7, 11) is -3.68. The van der Waals surface area contributed by atoms with Crippen LogP contribution in [0.5, 0.6) is 0 Å². The Kier molecular flexibility index (Phi) is 8.96. The monoisotopic (exact) mass is 519 g/mol. The van der Waals surface area contributed by atoms with Crippen molar-refractivity contribution in [3.8, 4) is 0 Å². The van der Waals surface area contributed by atoms with Crippen LogP contribution in [0.25, 0.3) is 0 Å². The van der Waals surface area contributed by atoms with E-state index in [2.05, 4.69) is 15.4 Å². The summed E-state index contributed by atoms with van der Waals surface area (Å²) in [6, 6.07) is 12.4. The molecule has 7 nitrogen and oxygen atoms in total. The molecule has 2 aromatic carbocycles. The largest absolute Gasteiger partial charge is 0.344 e. The lowest BCUT2D eigenvalue weighted by molar-refractivity contribution is -0.130. The molecular formula is C26H34ClN3O4S. The number of halogens is 1. The molecule has 0 saturated heterocycles. The first-order valence-corrected chi connectivity index (χ1v) is 13.8. The lowest BCUT2D eigenvalue weighted by Crippen LogP contribution is -2.47. The van der Waals surface area contributed by atoms with Gasteiger partial charge in [0.1, 0.15) is 6.04 Å². The summed E-state index contributed by atoms with van der Waals surface area (Å²) >= 11 is 6.11. The molecule has 1 aliphatic carbocycles. The van der Waals surface area contributed by atoms with Crippen molar-refractivity contribution in [2.45, 2.75) is 75.8 Å². The topological polar surface area (TPSA) is 104 Å². The van der Waals surface area contributed by atoms with Crippen LogP contribution < -0.4 is 15.4 Å². The third-order valence-corrected chi connectivity index (χ3v) is 7.82. The molecule has 2 aromatic rings. The van der Waals surface area contributed by atoms with Crippen LogP contribution in [0.2, 0.25) is 5.02 Å². The molecule has 0 aromatic heterocycles. The number of hydrogen-bond acceptors (Lipinski definition) is 4. The van der Waals surface area contributed by atoms with Crippen LogP contribution in [-0.2, 0) is 26.0 Å². The van der Waals surface area contributed by atoms with Crippen LogP contribution in [0.1, 0.15) is 58.4 Å². The van der Waals surface area contributed by atoms with Gasteiger partial charge in [0.2, 0.25) is 21.8 Å². The van der Waals surface area contributed by atoms with Crippen molar-refractivity contribution >= 4 is 39.1 Å². The normalized spacial score (nSPS) is 15.9. The second-order valence-corrected chi connectivity index (χ2v) is 12.2. The highest BCUT2D eigenvalue weighted by Crippen LogP contribution is 2.24. The van der Waals surface area contributed by atoms with Gasteiger partial charge in [0.15, 0.2) is 0 Å². The smallest absolute Gasteiger partial charge is 0.247 e. The molecule has 1 saturated carbocycles. The zero-order chi connectivity index (χ0) is 25.6. The van der Waals surface area contributed by atoms with Crippen molar-refractivity contribution in [2.75, 3.05) is 5.32 Å². The summed E-state index contributed by atoms with van der Waals surface area (Å²) in [5, 5.41) is 6.30. The fourth-order valence-corrected chi connectivity index (χ4v) is 5.80. The Bertz CT molecular complexity index is 1140. The van der Waals surface area contributed by atoms with Crippen LogP contribution >= 0.6 is 11.6 Å². The Balaban J connectivity index is 1.74. The van der Waals surface area contributed by atoms with Gasteiger partial charge in [-0.25, -0.2) is 13.1 Å². The van der Waals surface area contributed by atoms with E-state index in [0.29, 0.717) is 10.7 Å². The van der Waals surface area contributed by atoms with E-state index in [0.717, 1.165) is 37.7 Å². The molecule has 1 aliphatic rings. The Labute approximate surface area is 213 Å². The molecule has 9 heteroatoms. The molecule has 0 bridgehead atoms. The zero-order valence-corrected chi connectivity index (χ0v) is 22.0. The minimum absolute atomic E-state index is 0.0850. The van der Waals surface area contributed by atoms with Gasteiger partial charge in [-0.15, -0.1) is 0 Å². The first-order valence-electron chi connectivity index (χ1n) is 11.9. The van der Waals surface area contributed by atoms with Crippen LogP contribution in [0.4, 0.5) is 5.69 Å². The van der Waals surface area contributed by atoms with E-state index in [-0.39, 0.29) is 29.0 Å². The van der Waals surface area contributed by atoms with E-state index in [1.807, 2.05) is 6.07 Å². The molecular weight excluding hydrogens is 486 g/mol. The Morgan fingerprint density at radius 3 is 2.29 bits per heavy atom. The van der Waals surface area contributed by atoms with E-state index in [1.165, 1.54) is 24.3 Å². The molecule has 0 radical (unpaired) electrons. The van der Waals surface area contributed by atoms with Gasteiger partial charge in [-0.05, 0) is 75.6 Å². The standard InChI is InChI=1S/C26H34ClN3O4S/c1-26(2,3)30-35(33,34)22-14-12-21(13-15-22)28-25(32)23(17-18-8-7-11-20(27)16-18)29-24(31)19-9-5-4-6-10-19/h7-8,11-16,19,23,30H,4-6,9-10,17H2,1-3H3,(H,28,32)(H,29,31)/t23-/m0/s1. The second-order valence-electron chi connectivity index (χ2n) is 10.1. The highest BCUT2D eigenvalue weighted by Gasteiger charge is 2.27. The maximum atomic E-state index is 13.2. The maximum Gasteiger partial charge on any atom is 0.247 e. The highest BCUT2D eigenvalue weighted by atomic mass is 35.5. The number of anilines is 1. The number of amides is 2. The van der Waals surface area contributed by atoms with E-state index in [1.54, 1.807) is 39.0 Å². The van der Waals surface area contributed by atoms with Crippen LogP contribution in [0.3, 0.4) is 0 Å². The number of carbonyl (C=O) groups is 2. The first-order chi connectivity index (χ1) is 16.4. The lowest BCUT2D eigenvalue weighted by atomic mass is 9.88. The predicted molar refractivity (Wildman–Crippen MR) is 139 cm³/mol. The van der Waals surface area contributed by atoms with Gasteiger partial charge in [0.05, 0.1) is 4.90 Å². The SMILES string of the molecule is CC(C)(C)NS(=O)(=O)c1ccc(NC(=O)[C@H](Cc2cccc(Cl)c2)NC(=O)C2CCCCC2)cc1. The Morgan fingerprint density at radius 2 is 1.69 bits per heavy atom. The summed E-state index contributed by atoms with van der Waals surface area (Å²) in [4.78, 5) is 26.2. The second kappa shape index (κ2) is 11.5. The molecule has 2 amide bonds. The Morgan fingerprint density at radius 1 is 1.03 bits per heavy atom. The van der Waals surface area contributed by atoms with Crippen LogP contribution in [0, 0.1) is 5.92 Å². The van der Waals surface area contributed by atoms with Gasteiger partial charge in [-0.2, -0.15) is 0 Å². The summed E-state index contributed by atoms with van der Waals surface area (Å²) in [5.74, 6) is -0.572. The van der Waals surface area contributed by atoms with Crippen LogP contribution in [0.15, 0.2) is 53.4 Å². The van der Waals surface area contributed by atoms with E-state index < -0.39 is 21.6 Å². The zero-order valence-electron chi connectivity index (χ0n) is 20.4. The van der Waals surface area contributed by atoms with Crippen molar-refractivity contribution in [3.05, 3.63) is 59.1 Å². The molecule has 3 rings (SSSR count). The number of carbonyl (C=O) groups excluding carboxylic acids is 2. The number of nitrogens with one attached hydrogen (secondary N) is 3. The fourth-order valence-electron chi connectivity index (χ4n) is 4.17. The first kappa shape index (κ1) is 27.2. The average molecular weight is 520 g/mol. The van der Waals surface area contributed by atoms with Crippen LogP contribution in [-0.4, -0.2) is 31.8 Å². The maximum absolute atomic E-state index is 13.2. The molecule has 190 valence electrons. The molecule has 1 fully saturated rings. The summed E-state index contributed by atoms with van der Waals surface area (Å²) in [6.45, 7) is 5.29. The Hall–Kier alpha value is -2.42. The molecule has 35 heavy (non-hydrogen) atoms. The minimum atomic E-state index is -3.68. The quantitative estimate of drug-likeness (QED) is 0.471. The lowest BCUT2D eigenvalue weighted by Gasteiger charge is -2.25. The molecule has 0 aliphatic heterocycles. The van der Waals surface area contributed by atoms with Crippen molar-refractivity contribution in [3.63, 3.8) is 0 Å². The summed E-state index contributed by atoms with van der Waals surface area (Å²) in [5.41, 5.74) is 0.652. The fraction of sp³-hybridized carbons (Fsp3) is 0.462. The summed E-state index contributed by atoms with van der Waals surface area (Å²) < 4.78 is 27.7. The van der Waals surface area contributed by atoms with Crippen molar-refractivity contribution in [1.29, 1.82) is 0 Å². The molecule has 0 unspecified atom stereocenters. The van der Waals surface area contributed by atoms with E-state index >= 15 is 0 Å². The number of benzene rings is 2. The predicted octanol–water partition coefficient (Wildman–Crippen LogP) is 4.66. The summed E-state index contributed by atoms with van der Waals surface area (Å²) in [6.07, 6.45) is 5.11. The van der Waals surface area contributed by atoms with Gasteiger partial charge in [0.25, 0.3) is 0 Å². The van der Waals surface area contributed by atoms with E-state index in [9.17, 15) is 18.0 Å². The highest BCUT2D eigenvalue weighted by molar-refractivity contribution is 7.89. The molecule has 0 spiro atoms. The third-order valence-electron chi connectivity index (χ3n) is 5.81. The van der Waals surface area contributed by atoms with Gasteiger partial charge in [-0.1, -0.05) is 43.0 Å². The molecule has 1 atom stereocenters. The molecule has 0 heterocycles. The van der Waals surface area contributed by atoms with Gasteiger partial charge >= 0.3 is 0 Å². The number of hydrogen-bond donors (Lipinski definition) is 3. The van der Waals surface area contributed by atoms with Gasteiger partial charge in [-0.3, -0.25) is 9.59 Å².